The van der Waals surface area contributed by atoms with Gasteiger partial charge in [0.2, 0.25) is 0 Å². The van der Waals surface area contributed by atoms with Gasteiger partial charge in [0.15, 0.2) is 0 Å². The van der Waals surface area contributed by atoms with E-state index in [-0.39, 0.29) is 36.7 Å². The first kappa shape index (κ1) is 10.7. The van der Waals surface area contributed by atoms with Crippen molar-refractivity contribution in [3.8, 4) is 5.75 Å². The Balaban J connectivity index is 0. The van der Waals surface area contributed by atoms with Crippen LogP contribution in [0.25, 0.3) is 0 Å². The Morgan fingerprint density at radius 2 is 2.10 bits per heavy atom. The third-order valence-corrected chi connectivity index (χ3v) is 1.55. The largest absolute Gasteiger partial charge is 1.00 e. The van der Waals surface area contributed by atoms with Crippen LogP contribution in [0.3, 0.4) is 0 Å². The maximum atomic E-state index is 8.94. The first-order valence-corrected chi connectivity index (χ1v) is 3.20. The van der Waals surface area contributed by atoms with Crippen LogP contribution in [0, 0.1) is 0 Å². The fourth-order valence-electron chi connectivity index (χ4n) is 0.497. The summed E-state index contributed by atoms with van der Waals surface area (Å²) in [5, 5.41) is 9.46. The van der Waals surface area contributed by atoms with E-state index in [2.05, 4.69) is 12.6 Å². The van der Waals surface area contributed by atoms with Gasteiger partial charge in [-0.1, -0.05) is 11.6 Å². The molecule has 0 aliphatic rings. The zero-order chi connectivity index (χ0) is 6.85. The molecule has 0 fully saturated rings. The van der Waals surface area contributed by atoms with E-state index in [4.69, 9.17) is 16.7 Å². The van der Waals surface area contributed by atoms with Crippen LogP contribution in [-0.4, -0.2) is 5.11 Å². The second-order valence-corrected chi connectivity index (χ2v) is 2.55. The first-order valence-electron chi connectivity index (χ1n) is 2.37. The van der Waals surface area contributed by atoms with Gasteiger partial charge in [0.1, 0.15) is 5.75 Å². The SMILES string of the molecule is Oc1cc(Cl)ccc1S.[H-].[Na+]. The van der Waals surface area contributed by atoms with Gasteiger partial charge in [-0.2, -0.15) is 0 Å². The van der Waals surface area contributed by atoms with Crippen molar-refractivity contribution in [2.24, 2.45) is 0 Å². The summed E-state index contributed by atoms with van der Waals surface area (Å²) in [6, 6.07) is 4.76. The van der Waals surface area contributed by atoms with Crippen molar-refractivity contribution in [2.75, 3.05) is 0 Å². The van der Waals surface area contributed by atoms with Crippen LogP contribution >= 0.6 is 24.2 Å². The van der Waals surface area contributed by atoms with E-state index in [0.717, 1.165) is 0 Å². The Morgan fingerprint density at radius 1 is 1.50 bits per heavy atom. The van der Waals surface area contributed by atoms with Crippen LogP contribution in [0.2, 0.25) is 5.02 Å². The van der Waals surface area contributed by atoms with Gasteiger partial charge in [-0.15, -0.1) is 12.6 Å². The Bertz CT molecular complexity index is 234. The van der Waals surface area contributed by atoms with Crippen LogP contribution < -0.4 is 29.6 Å². The summed E-state index contributed by atoms with van der Waals surface area (Å²) in [7, 11) is 0. The molecule has 1 nitrogen and oxygen atoms in total. The molecule has 0 aromatic heterocycles. The Morgan fingerprint density at radius 3 is 2.50 bits per heavy atom. The topological polar surface area (TPSA) is 20.2 Å². The molecule has 0 unspecified atom stereocenters. The molecule has 0 aliphatic carbocycles. The van der Waals surface area contributed by atoms with Crippen LogP contribution in [0.5, 0.6) is 5.75 Å². The van der Waals surface area contributed by atoms with E-state index in [0.29, 0.717) is 9.92 Å². The quantitative estimate of drug-likeness (QED) is 0.410. The summed E-state index contributed by atoms with van der Waals surface area (Å²) in [5.41, 5.74) is 0. The molecular formula is C6H6ClNaOS. The zero-order valence-electron chi connectivity index (χ0n) is 6.50. The van der Waals surface area contributed by atoms with Crippen LogP contribution in [0.4, 0.5) is 0 Å². The molecule has 10 heavy (non-hydrogen) atoms. The third-order valence-electron chi connectivity index (χ3n) is 0.937. The predicted octanol–water partition coefficient (Wildman–Crippen LogP) is -0.549. The van der Waals surface area contributed by atoms with E-state index >= 15 is 0 Å². The molecule has 1 aromatic rings. The summed E-state index contributed by atoms with van der Waals surface area (Å²) in [4.78, 5) is 0.541. The molecule has 1 N–H and O–H groups in total. The standard InChI is InChI=1S/C6H5ClOS.Na.H/c7-4-1-2-6(9)5(8)3-4;;/h1-3,8-9H;;/q;+1;-1. The molecule has 0 saturated heterocycles. The summed E-state index contributed by atoms with van der Waals surface area (Å²) in [6.07, 6.45) is 0. The number of aromatic hydroxyl groups is 1. The van der Waals surface area contributed by atoms with Crippen molar-refractivity contribution >= 4 is 24.2 Å². The molecule has 0 amide bonds. The summed E-state index contributed by atoms with van der Waals surface area (Å²) in [5.74, 6) is 0.117. The van der Waals surface area contributed by atoms with E-state index in [1.165, 1.54) is 6.07 Å². The smallest absolute Gasteiger partial charge is 1.00 e. The number of thiol groups is 1. The average Bonchev–Trinajstić information content (AvgIpc) is 1.80. The second kappa shape index (κ2) is 4.52. The number of hydrogen-bond acceptors (Lipinski definition) is 2. The van der Waals surface area contributed by atoms with Gasteiger partial charge in [-0.25, -0.2) is 0 Å². The molecule has 0 saturated carbocycles. The Hall–Kier alpha value is 0.660. The zero-order valence-corrected chi connectivity index (χ0v) is 9.15. The van der Waals surface area contributed by atoms with Gasteiger partial charge in [-0.05, 0) is 18.2 Å². The van der Waals surface area contributed by atoms with Gasteiger partial charge in [0, 0.05) is 9.92 Å². The maximum absolute atomic E-state index is 8.94. The molecule has 0 aliphatic heterocycles. The predicted molar refractivity (Wildman–Crippen MR) is 41.5 cm³/mol. The molecule has 0 atom stereocenters. The van der Waals surface area contributed by atoms with Gasteiger partial charge in [0.05, 0.1) is 0 Å². The molecule has 0 heterocycles. The van der Waals surface area contributed by atoms with E-state index < -0.39 is 0 Å². The van der Waals surface area contributed by atoms with Gasteiger partial charge < -0.3 is 6.53 Å². The first-order chi connectivity index (χ1) is 4.20. The van der Waals surface area contributed by atoms with Crippen LogP contribution in [0.15, 0.2) is 23.1 Å². The number of hydrogen-bond donors (Lipinski definition) is 2. The van der Waals surface area contributed by atoms with E-state index in [1.807, 2.05) is 0 Å². The van der Waals surface area contributed by atoms with Gasteiger partial charge >= 0.3 is 29.6 Å². The minimum Gasteiger partial charge on any atom is -1.00 e. The number of phenolic OH excluding ortho intramolecular Hbond substituents is 1. The summed E-state index contributed by atoms with van der Waals surface area (Å²) in [6.45, 7) is 0. The number of benzene rings is 1. The van der Waals surface area contributed by atoms with Crippen molar-refractivity contribution in [2.45, 2.75) is 4.90 Å². The van der Waals surface area contributed by atoms with Crippen molar-refractivity contribution in [3.63, 3.8) is 0 Å². The number of rotatable bonds is 0. The monoisotopic (exact) mass is 184 g/mol. The average molecular weight is 185 g/mol. The van der Waals surface area contributed by atoms with Crippen molar-refractivity contribution in [3.05, 3.63) is 23.2 Å². The minimum atomic E-state index is 0. The van der Waals surface area contributed by atoms with Crippen LogP contribution in [-0.2, 0) is 0 Å². The van der Waals surface area contributed by atoms with Gasteiger partial charge in [-0.3, -0.25) is 0 Å². The second-order valence-electron chi connectivity index (χ2n) is 1.63. The molecule has 1 rings (SSSR count). The van der Waals surface area contributed by atoms with Crippen LogP contribution in [0.1, 0.15) is 1.43 Å². The molecule has 4 heteroatoms. The normalized spacial score (nSPS) is 8.60. The fourth-order valence-corrected chi connectivity index (χ4v) is 0.802. The number of halogens is 1. The summed E-state index contributed by atoms with van der Waals surface area (Å²) >= 11 is 9.46. The molecule has 0 bridgehead atoms. The minimum absolute atomic E-state index is 0. The van der Waals surface area contributed by atoms with Crippen molar-refractivity contribution in [1.82, 2.24) is 0 Å². The Kier molecular flexibility index (Phi) is 4.82. The van der Waals surface area contributed by atoms with E-state index in [9.17, 15) is 0 Å². The Labute approximate surface area is 93.6 Å². The molecule has 0 radical (unpaired) electrons. The third kappa shape index (κ3) is 2.72. The summed E-state index contributed by atoms with van der Waals surface area (Å²) < 4.78 is 0. The van der Waals surface area contributed by atoms with Gasteiger partial charge in [0.25, 0.3) is 0 Å². The molecule has 50 valence electrons. The molecular weight excluding hydrogens is 179 g/mol. The molecule has 0 spiro atoms. The fraction of sp³-hybridized carbons (Fsp3) is 0. The maximum Gasteiger partial charge on any atom is 1.00 e. The number of phenols is 1. The van der Waals surface area contributed by atoms with E-state index in [1.54, 1.807) is 12.1 Å². The van der Waals surface area contributed by atoms with Crippen molar-refractivity contribution in [1.29, 1.82) is 0 Å². The van der Waals surface area contributed by atoms with Crippen molar-refractivity contribution < 1.29 is 36.1 Å². The molecule has 1 aromatic carbocycles.